The first-order valence-electron chi connectivity index (χ1n) is 4.89. The molecule has 0 aliphatic carbocycles. The van der Waals surface area contributed by atoms with Gasteiger partial charge in [0.25, 0.3) is 0 Å². The molecule has 2 heterocycles. The zero-order valence-electron chi connectivity index (χ0n) is 8.72. The highest BCUT2D eigenvalue weighted by molar-refractivity contribution is 5.79. The van der Waals surface area contributed by atoms with E-state index in [1.54, 1.807) is 6.92 Å². The Bertz CT molecular complexity index is 206. The molecule has 2 atom stereocenters. The molecule has 0 amide bonds. The number of allylic oxidation sites excluding steroid dienone is 1. The molecule has 2 aliphatic heterocycles. The minimum absolute atomic E-state index is 0.392. The summed E-state index contributed by atoms with van der Waals surface area (Å²) in [6.45, 7) is 4.92. The molecule has 2 fully saturated rings. The fourth-order valence-electron chi connectivity index (χ4n) is 0.802. The molecule has 0 saturated carbocycles. The zero-order valence-corrected chi connectivity index (χ0v) is 8.72. The summed E-state index contributed by atoms with van der Waals surface area (Å²) < 4.78 is 15.1. The van der Waals surface area contributed by atoms with Gasteiger partial charge in [0.15, 0.2) is 0 Å². The molecule has 0 aromatic rings. The molecule has 2 saturated heterocycles. The molecule has 15 heavy (non-hydrogen) atoms. The number of aliphatic carboxylic acids is 1. The minimum atomic E-state index is -0.891. The van der Waals surface area contributed by atoms with Crippen molar-refractivity contribution in [2.75, 3.05) is 26.4 Å². The van der Waals surface area contributed by atoms with Crippen LogP contribution in [-0.4, -0.2) is 49.7 Å². The summed E-state index contributed by atoms with van der Waals surface area (Å²) in [5.41, 5.74) is 0. The maximum absolute atomic E-state index is 9.51. The SMILES string of the molecule is C(OCC1CO1)C1CO1.C/C=C/C(=O)O. The van der Waals surface area contributed by atoms with Gasteiger partial charge in [0, 0.05) is 6.08 Å². The summed E-state index contributed by atoms with van der Waals surface area (Å²) in [6, 6.07) is 0. The first-order valence-corrected chi connectivity index (χ1v) is 4.89. The molecule has 5 nitrogen and oxygen atoms in total. The molecule has 2 unspecified atom stereocenters. The van der Waals surface area contributed by atoms with Crippen molar-refractivity contribution in [2.45, 2.75) is 19.1 Å². The van der Waals surface area contributed by atoms with Gasteiger partial charge in [0.1, 0.15) is 12.2 Å². The number of epoxide rings is 2. The van der Waals surface area contributed by atoms with E-state index in [2.05, 4.69) is 0 Å². The highest BCUT2D eigenvalue weighted by Crippen LogP contribution is 2.12. The van der Waals surface area contributed by atoms with Crippen molar-refractivity contribution >= 4 is 5.97 Å². The van der Waals surface area contributed by atoms with Gasteiger partial charge in [-0.3, -0.25) is 0 Å². The van der Waals surface area contributed by atoms with Crippen LogP contribution in [0, 0.1) is 0 Å². The van der Waals surface area contributed by atoms with Crippen molar-refractivity contribution in [2.24, 2.45) is 0 Å². The van der Waals surface area contributed by atoms with E-state index in [0.29, 0.717) is 12.2 Å². The summed E-state index contributed by atoms with van der Waals surface area (Å²) in [5, 5.41) is 7.83. The Labute approximate surface area is 88.6 Å². The fraction of sp³-hybridized carbons (Fsp3) is 0.700. The molecule has 5 heteroatoms. The van der Waals surface area contributed by atoms with Crippen LogP contribution in [-0.2, 0) is 19.0 Å². The van der Waals surface area contributed by atoms with Crippen LogP contribution in [0.5, 0.6) is 0 Å². The van der Waals surface area contributed by atoms with Crippen LogP contribution in [0.2, 0.25) is 0 Å². The number of hydrogen-bond donors (Lipinski definition) is 1. The van der Waals surface area contributed by atoms with Crippen LogP contribution in [0.3, 0.4) is 0 Å². The molecule has 0 radical (unpaired) electrons. The molecule has 86 valence electrons. The van der Waals surface area contributed by atoms with E-state index in [0.717, 1.165) is 32.5 Å². The molecule has 1 N–H and O–H groups in total. The lowest BCUT2D eigenvalue weighted by Gasteiger charge is -1.95. The van der Waals surface area contributed by atoms with Gasteiger partial charge in [-0.2, -0.15) is 0 Å². The van der Waals surface area contributed by atoms with Crippen molar-refractivity contribution in [3.63, 3.8) is 0 Å². The lowest BCUT2D eigenvalue weighted by molar-refractivity contribution is -0.131. The highest BCUT2D eigenvalue weighted by Gasteiger charge is 2.26. The monoisotopic (exact) mass is 216 g/mol. The first kappa shape index (κ1) is 12.2. The third-order valence-electron chi connectivity index (χ3n) is 1.72. The number of carboxylic acids is 1. The second-order valence-electron chi connectivity index (χ2n) is 3.29. The summed E-state index contributed by atoms with van der Waals surface area (Å²) in [7, 11) is 0. The van der Waals surface area contributed by atoms with Gasteiger partial charge in [-0.05, 0) is 6.92 Å². The third kappa shape index (κ3) is 8.11. The van der Waals surface area contributed by atoms with Gasteiger partial charge >= 0.3 is 5.97 Å². The summed E-state index contributed by atoms with van der Waals surface area (Å²) in [4.78, 5) is 9.51. The predicted molar refractivity (Wildman–Crippen MR) is 52.7 cm³/mol. The summed E-state index contributed by atoms with van der Waals surface area (Å²) in [5.74, 6) is -0.891. The molecular formula is C10H16O5. The first-order chi connectivity index (χ1) is 7.22. The topological polar surface area (TPSA) is 71.6 Å². The minimum Gasteiger partial charge on any atom is -0.478 e. The van der Waals surface area contributed by atoms with Crippen molar-refractivity contribution in [1.82, 2.24) is 0 Å². The smallest absolute Gasteiger partial charge is 0.327 e. The Morgan fingerprint density at radius 1 is 1.40 bits per heavy atom. The van der Waals surface area contributed by atoms with E-state index in [9.17, 15) is 4.79 Å². The van der Waals surface area contributed by atoms with Crippen LogP contribution in [0.25, 0.3) is 0 Å². The molecule has 0 aromatic carbocycles. The van der Waals surface area contributed by atoms with Crippen LogP contribution >= 0.6 is 0 Å². The fourth-order valence-corrected chi connectivity index (χ4v) is 0.802. The Morgan fingerprint density at radius 3 is 2.07 bits per heavy atom. The highest BCUT2D eigenvalue weighted by atomic mass is 16.6. The number of ether oxygens (including phenoxy) is 3. The molecule has 2 aliphatic rings. The number of carboxylic acid groups (broad SMARTS) is 1. The Morgan fingerprint density at radius 2 is 1.87 bits per heavy atom. The molecule has 0 bridgehead atoms. The van der Waals surface area contributed by atoms with Gasteiger partial charge in [-0.15, -0.1) is 0 Å². The van der Waals surface area contributed by atoms with Gasteiger partial charge in [0.2, 0.25) is 0 Å². The van der Waals surface area contributed by atoms with E-state index in [1.165, 1.54) is 6.08 Å². The Kier molecular flexibility index (Phi) is 5.31. The van der Waals surface area contributed by atoms with E-state index in [1.807, 2.05) is 0 Å². The van der Waals surface area contributed by atoms with Gasteiger partial charge < -0.3 is 19.3 Å². The maximum Gasteiger partial charge on any atom is 0.327 e. The van der Waals surface area contributed by atoms with Gasteiger partial charge in [0.05, 0.1) is 26.4 Å². The third-order valence-corrected chi connectivity index (χ3v) is 1.72. The second kappa shape index (κ2) is 6.55. The Hall–Kier alpha value is -0.910. The summed E-state index contributed by atoms with van der Waals surface area (Å²) in [6.07, 6.45) is 3.34. The van der Waals surface area contributed by atoms with Crippen molar-refractivity contribution in [3.05, 3.63) is 12.2 Å². The van der Waals surface area contributed by atoms with E-state index < -0.39 is 5.97 Å². The molecule has 0 aromatic heterocycles. The van der Waals surface area contributed by atoms with E-state index >= 15 is 0 Å². The zero-order chi connectivity index (χ0) is 11.1. The molecule has 0 spiro atoms. The largest absolute Gasteiger partial charge is 0.478 e. The molecule has 2 rings (SSSR count). The standard InChI is InChI=1S/C6H10O3.C4H6O2/c1(5-3-8-5)7-2-6-4-9-6;1-2-3-4(5)6/h5-6H,1-4H2;2-3H,1H3,(H,5,6)/b;3-2+. The van der Waals surface area contributed by atoms with Gasteiger partial charge in [-0.1, -0.05) is 6.08 Å². The Balaban J connectivity index is 0.000000167. The van der Waals surface area contributed by atoms with Crippen LogP contribution in [0.1, 0.15) is 6.92 Å². The predicted octanol–water partition coefficient (Wildman–Crippen LogP) is 0.448. The number of carbonyl (C=O) groups is 1. The quantitative estimate of drug-likeness (QED) is 0.533. The van der Waals surface area contributed by atoms with Gasteiger partial charge in [-0.25, -0.2) is 4.79 Å². The number of rotatable bonds is 5. The number of hydrogen-bond acceptors (Lipinski definition) is 4. The van der Waals surface area contributed by atoms with Crippen LogP contribution in [0.15, 0.2) is 12.2 Å². The van der Waals surface area contributed by atoms with Crippen LogP contribution in [0.4, 0.5) is 0 Å². The van der Waals surface area contributed by atoms with Crippen molar-refractivity contribution < 1.29 is 24.1 Å². The van der Waals surface area contributed by atoms with E-state index in [4.69, 9.17) is 19.3 Å². The molecular weight excluding hydrogens is 200 g/mol. The van der Waals surface area contributed by atoms with Crippen LogP contribution < -0.4 is 0 Å². The normalized spacial score (nSPS) is 27.0. The lowest BCUT2D eigenvalue weighted by atomic mass is 10.5. The summed E-state index contributed by atoms with van der Waals surface area (Å²) >= 11 is 0. The second-order valence-corrected chi connectivity index (χ2v) is 3.29. The lowest BCUT2D eigenvalue weighted by Crippen LogP contribution is -2.06. The van der Waals surface area contributed by atoms with E-state index in [-0.39, 0.29) is 0 Å². The average Bonchev–Trinajstić information content (AvgIpc) is 2.99. The maximum atomic E-state index is 9.51. The average molecular weight is 216 g/mol. The van der Waals surface area contributed by atoms with Crippen molar-refractivity contribution in [3.8, 4) is 0 Å². The van der Waals surface area contributed by atoms with Crippen molar-refractivity contribution in [1.29, 1.82) is 0 Å².